The lowest BCUT2D eigenvalue weighted by Gasteiger charge is -2.41. The maximum absolute atomic E-state index is 13.1. The Morgan fingerprint density at radius 1 is 1.03 bits per heavy atom. The number of carbonyl (C=O) groups excluding carboxylic acids is 3. The van der Waals surface area contributed by atoms with Crippen molar-refractivity contribution in [3.8, 4) is 11.5 Å². The Bertz CT molecular complexity index is 899. The zero-order valence-corrected chi connectivity index (χ0v) is 20.4. The highest BCUT2D eigenvalue weighted by molar-refractivity contribution is 5.98. The smallest absolute Gasteiger partial charge is 0.314 e. The lowest BCUT2D eigenvalue weighted by atomic mass is 9.86. The molecule has 182 valence electrons. The van der Waals surface area contributed by atoms with Crippen molar-refractivity contribution in [2.45, 2.75) is 78.3 Å². The van der Waals surface area contributed by atoms with Crippen LogP contribution in [-0.2, 0) is 9.59 Å². The molecule has 2 aliphatic rings. The number of nitrogens with zero attached hydrogens (tertiary/aromatic N) is 2. The number of likely N-dealkylation sites (tertiary alicyclic amines) is 2. The van der Waals surface area contributed by atoms with Gasteiger partial charge in [0, 0.05) is 37.4 Å². The third-order valence-electron chi connectivity index (χ3n) is 7.60. The van der Waals surface area contributed by atoms with Crippen molar-refractivity contribution in [2.75, 3.05) is 19.6 Å². The summed E-state index contributed by atoms with van der Waals surface area (Å²) in [6.45, 7) is 10.1. The second-order valence-electron chi connectivity index (χ2n) is 10.5. The van der Waals surface area contributed by atoms with Gasteiger partial charge in [0.05, 0.1) is 19.0 Å². The summed E-state index contributed by atoms with van der Waals surface area (Å²) in [6, 6.07) is 4.13. The number of amides is 2. The lowest BCUT2D eigenvalue weighted by Crippen LogP contribution is -2.58. The molecule has 4 unspecified atom stereocenters. The molecule has 7 nitrogen and oxygen atoms in total. The Balaban J connectivity index is 1.80. The van der Waals surface area contributed by atoms with Crippen molar-refractivity contribution < 1.29 is 29.1 Å². The van der Waals surface area contributed by atoms with E-state index in [1.807, 2.05) is 4.90 Å². The Morgan fingerprint density at radius 3 is 2.30 bits per heavy atom. The van der Waals surface area contributed by atoms with E-state index >= 15 is 0 Å². The molecular formula is C26H39N2O5+. The number of phenolic OH excluding ortho intramolecular Hbond substituents is 2. The molecule has 2 N–H and O–H groups in total. The monoisotopic (exact) mass is 459 g/mol. The van der Waals surface area contributed by atoms with E-state index in [0.717, 1.165) is 32.2 Å². The van der Waals surface area contributed by atoms with E-state index in [4.69, 9.17) is 0 Å². The number of aromatic hydroxyl groups is 2. The molecule has 0 aliphatic carbocycles. The number of quaternary nitrogens is 1. The van der Waals surface area contributed by atoms with Crippen LogP contribution in [0.2, 0.25) is 0 Å². The van der Waals surface area contributed by atoms with Crippen LogP contribution in [0.5, 0.6) is 11.5 Å². The van der Waals surface area contributed by atoms with E-state index < -0.39 is 0 Å². The first-order valence-electron chi connectivity index (χ1n) is 12.3. The normalized spacial score (nSPS) is 23.8. The fourth-order valence-corrected chi connectivity index (χ4v) is 5.76. The van der Waals surface area contributed by atoms with Gasteiger partial charge in [-0.25, -0.2) is 4.79 Å². The first-order valence-corrected chi connectivity index (χ1v) is 12.3. The number of Topliss-reactive ketones (excluding diaryl/α,β-unsaturated/α-hetero) is 1. The molecule has 3 rings (SSSR count). The predicted octanol–water partition coefficient (Wildman–Crippen LogP) is 3.87. The van der Waals surface area contributed by atoms with E-state index in [-0.39, 0.29) is 58.1 Å². The Kier molecular flexibility index (Phi) is 7.83. The molecule has 0 aromatic heterocycles. The van der Waals surface area contributed by atoms with Crippen LogP contribution in [0.25, 0.3) is 0 Å². The Labute approximate surface area is 197 Å². The number of hydrogen-bond acceptors (Lipinski definition) is 5. The van der Waals surface area contributed by atoms with E-state index in [1.54, 1.807) is 0 Å². The van der Waals surface area contributed by atoms with Gasteiger partial charge in [-0.3, -0.25) is 14.1 Å². The van der Waals surface area contributed by atoms with Gasteiger partial charge in [-0.2, -0.15) is 0 Å². The first kappa shape index (κ1) is 25.2. The topological polar surface area (TPSA) is 94.9 Å². The zero-order valence-electron chi connectivity index (χ0n) is 20.4. The van der Waals surface area contributed by atoms with E-state index in [1.165, 1.54) is 18.2 Å². The van der Waals surface area contributed by atoms with Gasteiger partial charge in [-0.05, 0) is 49.8 Å². The largest absolute Gasteiger partial charge is 0.504 e. The van der Waals surface area contributed by atoms with Crippen LogP contribution >= 0.6 is 0 Å². The number of hydrogen-bond donors (Lipinski definition) is 2. The molecule has 2 amide bonds. The molecule has 1 aromatic carbocycles. The number of carbonyl (C=O) groups is 3. The number of rotatable bonds is 10. The molecule has 2 fully saturated rings. The molecule has 0 bridgehead atoms. The van der Waals surface area contributed by atoms with Crippen LogP contribution in [0.15, 0.2) is 18.2 Å². The Hall–Kier alpha value is -2.41. The summed E-state index contributed by atoms with van der Waals surface area (Å²) in [4.78, 5) is 40.8. The highest BCUT2D eigenvalue weighted by Crippen LogP contribution is 2.34. The Morgan fingerprint density at radius 2 is 1.76 bits per heavy atom. The summed E-state index contributed by atoms with van der Waals surface area (Å²) in [7, 11) is 0. The summed E-state index contributed by atoms with van der Waals surface area (Å²) in [6.07, 6.45) is 4.42. The second-order valence-corrected chi connectivity index (χ2v) is 10.5. The molecule has 33 heavy (non-hydrogen) atoms. The van der Waals surface area contributed by atoms with Crippen molar-refractivity contribution in [2.24, 2.45) is 11.8 Å². The minimum Gasteiger partial charge on any atom is -0.504 e. The highest BCUT2D eigenvalue weighted by atomic mass is 16.3. The van der Waals surface area contributed by atoms with Crippen LogP contribution in [0.4, 0.5) is 0 Å². The molecule has 4 atom stereocenters. The molecule has 2 saturated heterocycles. The van der Waals surface area contributed by atoms with Gasteiger partial charge >= 0.3 is 5.91 Å². The maximum Gasteiger partial charge on any atom is 0.314 e. The average Bonchev–Trinajstić information content (AvgIpc) is 3.34. The minimum absolute atomic E-state index is 0.0500. The second kappa shape index (κ2) is 10.2. The van der Waals surface area contributed by atoms with Gasteiger partial charge in [0.25, 0.3) is 0 Å². The summed E-state index contributed by atoms with van der Waals surface area (Å²) < 4.78 is 0.118. The zero-order chi connectivity index (χ0) is 24.3. The van der Waals surface area contributed by atoms with E-state index in [2.05, 4.69) is 27.7 Å². The molecular weight excluding hydrogens is 420 g/mol. The van der Waals surface area contributed by atoms with Crippen LogP contribution in [-0.4, -0.2) is 68.9 Å². The van der Waals surface area contributed by atoms with Gasteiger partial charge < -0.3 is 15.1 Å². The fraction of sp³-hybridized carbons (Fsp3) is 0.654. The average molecular weight is 460 g/mol. The van der Waals surface area contributed by atoms with Crippen molar-refractivity contribution in [1.29, 1.82) is 0 Å². The molecule has 2 aliphatic heterocycles. The standard InChI is InChI=1S/C26H38N2O5/c1-17(2)13-21(27-11-5-7-25(27)32)18(3)14-19(4)28(12-6-8-26(28)33)16-24(31)20-9-10-22(29)23(30)15-20/h9-10,15,17-19,21H,5-8,11-14,16H2,1-4H3,(H-,29,30,31)/p+1. The summed E-state index contributed by atoms with van der Waals surface area (Å²) in [5, 5.41) is 19.4. The summed E-state index contributed by atoms with van der Waals surface area (Å²) in [5.41, 5.74) is 0.295. The summed E-state index contributed by atoms with van der Waals surface area (Å²) >= 11 is 0. The van der Waals surface area contributed by atoms with Crippen molar-refractivity contribution in [1.82, 2.24) is 4.90 Å². The third-order valence-corrected chi connectivity index (χ3v) is 7.60. The van der Waals surface area contributed by atoms with Gasteiger partial charge in [0.15, 0.2) is 11.5 Å². The number of ketones is 1. The minimum atomic E-state index is -0.339. The van der Waals surface area contributed by atoms with Gasteiger partial charge in [0.1, 0.15) is 6.54 Å². The van der Waals surface area contributed by atoms with Crippen molar-refractivity contribution >= 4 is 17.6 Å². The molecule has 0 radical (unpaired) electrons. The van der Waals surface area contributed by atoms with E-state index in [9.17, 15) is 24.6 Å². The van der Waals surface area contributed by atoms with Crippen LogP contribution < -0.4 is 0 Å². The van der Waals surface area contributed by atoms with Gasteiger partial charge in [-0.15, -0.1) is 0 Å². The van der Waals surface area contributed by atoms with Crippen LogP contribution in [0.1, 0.15) is 76.6 Å². The van der Waals surface area contributed by atoms with Crippen molar-refractivity contribution in [3.63, 3.8) is 0 Å². The lowest BCUT2D eigenvalue weighted by molar-refractivity contribution is -0.862. The van der Waals surface area contributed by atoms with Crippen molar-refractivity contribution in [3.05, 3.63) is 23.8 Å². The quantitative estimate of drug-likeness (QED) is 0.315. The third kappa shape index (κ3) is 5.40. The molecule has 0 saturated carbocycles. The SMILES string of the molecule is CC(C)CC(C(C)CC(C)[N+]1(CC(=O)c2ccc(O)c(O)c2)CCCC1=O)N1CCCC1=O. The highest BCUT2D eigenvalue weighted by Gasteiger charge is 2.48. The predicted molar refractivity (Wildman–Crippen MR) is 126 cm³/mol. The van der Waals surface area contributed by atoms with Gasteiger partial charge in [0.2, 0.25) is 11.7 Å². The van der Waals surface area contributed by atoms with Crippen LogP contribution in [0, 0.1) is 11.8 Å². The van der Waals surface area contributed by atoms with E-state index in [0.29, 0.717) is 30.9 Å². The first-order chi connectivity index (χ1) is 15.5. The molecule has 0 spiro atoms. The fourth-order valence-electron chi connectivity index (χ4n) is 5.76. The van der Waals surface area contributed by atoms with Gasteiger partial charge in [-0.1, -0.05) is 20.8 Å². The number of benzene rings is 1. The maximum atomic E-state index is 13.1. The molecule has 2 heterocycles. The van der Waals surface area contributed by atoms with Crippen LogP contribution in [0.3, 0.4) is 0 Å². The summed E-state index contributed by atoms with van der Waals surface area (Å²) in [5.74, 6) is 0.152. The molecule has 7 heteroatoms. The number of phenols is 2. The molecule has 1 aromatic rings.